The first-order valence-corrected chi connectivity index (χ1v) is 3.72. The standard InChI is InChI=1S/C8H4ClFN2/c9-6-4-11-12-8-5(6)2-1-3-7(8)10/h1-4H. The summed E-state index contributed by atoms with van der Waals surface area (Å²) in [5.41, 5.74) is 0.213. The van der Waals surface area contributed by atoms with Crippen molar-refractivity contribution in [1.29, 1.82) is 0 Å². The van der Waals surface area contributed by atoms with Crippen LogP contribution in [-0.4, -0.2) is 10.2 Å². The molecule has 0 fully saturated rings. The molecule has 12 heavy (non-hydrogen) atoms. The van der Waals surface area contributed by atoms with Gasteiger partial charge in [0, 0.05) is 5.39 Å². The minimum Gasteiger partial charge on any atom is -0.205 e. The average molecular weight is 183 g/mol. The Balaban J connectivity index is 2.94. The van der Waals surface area contributed by atoms with Gasteiger partial charge in [-0.2, -0.15) is 5.10 Å². The Morgan fingerprint density at radius 3 is 2.92 bits per heavy atom. The van der Waals surface area contributed by atoms with Gasteiger partial charge in [-0.1, -0.05) is 23.7 Å². The van der Waals surface area contributed by atoms with Crippen LogP contribution in [0.2, 0.25) is 5.02 Å². The minimum absolute atomic E-state index is 0.213. The first kappa shape index (κ1) is 7.43. The quantitative estimate of drug-likeness (QED) is 0.625. The molecular formula is C8H4ClFN2. The zero-order chi connectivity index (χ0) is 8.55. The van der Waals surface area contributed by atoms with Crippen molar-refractivity contribution in [2.24, 2.45) is 0 Å². The smallest absolute Gasteiger partial charge is 0.151 e. The molecule has 60 valence electrons. The average Bonchev–Trinajstić information content (AvgIpc) is 2.07. The maximum atomic E-state index is 13.0. The number of fused-ring (bicyclic) bond motifs is 1. The van der Waals surface area contributed by atoms with E-state index >= 15 is 0 Å². The van der Waals surface area contributed by atoms with Crippen molar-refractivity contribution in [3.8, 4) is 0 Å². The second kappa shape index (κ2) is 2.68. The Bertz CT molecular complexity index is 389. The molecule has 0 bridgehead atoms. The third kappa shape index (κ3) is 1.02. The van der Waals surface area contributed by atoms with Gasteiger partial charge in [-0.25, -0.2) is 4.39 Å². The van der Waals surface area contributed by atoms with E-state index in [0.29, 0.717) is 10.4 Å². The molecule has 2 aromatic rings. The highest BCUT2D eigenvalue weighted by Crippen LogP contribution is 2.21. The van der Waals surface area contributed by atoms with Crippen LogP contribution in [0, 0.1) is 5.82 Å². The second-order valence-corrected chi connectivity index (χ2v) is 2.74. The van der Waals surface area contributed by atoms with E-state index < -0.39 is 5.82 Å². The van der Waals surface area contributed by atoms with Gasteiger partial charge < -0.3 is 0 Å². The zero-order valence-electron chi connectivity index (χ0n) is 5.96. The molecule has 0 N–H and O–H groups in total. The van der Waals surface area contributed by atoms with E-state index in [0.717, 1.165) is 0 Å². The van der Waals surface area contributed by atoms with Crippen LogP contribution in [0.4, 0.5) is 4.39 Å². The Hall–Kier alpha value is -1.22. The molecule has 2 rings (SSSR count). The summed E-state index contributed by atoms with van der Waals surface area (Å²) < 4.78 is 13.0. The summed E-state index contributed by atoms with van der Waals surface area (Å²) in [5, 5.41) is 8.19. The van der Waals surface area contributed by atoms with Crippen molar-refractivity contribution in [3.05, 3.63) is 35.2 Å². The first-order chi connectivity index (χ1) is 5.79. The van der Waals surface area contributed by atoms with Gasteiger partial charge in [0.05, 0.1) is 11.2 Å². The van der Waals surface area contributed by atoms with Crippen molar-refractivity contribution in [2.75, 3.05) is 0 Å². The van der Waals surface area contributed by atoms with Crippen LogP contribution in [0.1, 0.15) is 0 Å². The normalized spacial score (nSPS) is 10.5. The third-order valence-electron chi connectivity index (χ3n) is 1.57. The summed E-state index contributed by atoms with van der Waals surface area (Å²) in [6, 6.07) is 4.62. The lowest BCUT2D eigenvalue weighted by molar-refractivity contribution is 0.635. The lowest BCUT2D eigenvalue weighted by Gasteiger charge is -1.97. The highest BCUT2D eigenvalue weighted by atomic mass is 35.5. The fourth-order valence-corrected chi connectivity index (χ4v) is 1.21. The summed E-state index contributed by atoms with van der Waals surface area (Å²) in [6.45, 7) is 0. The summed E-state index contributed by atoms with van der Waals surface area (Å²) in [6.07, 6.45) is 1.39. The largest absolute Gasteiger partial charge is 0.205 e. The van der Waals surface area contributed by atoms with Gasteiger partial charge in [0.25, 0.3) is 0 Å². The molecule has 1 heterocycles. The molecule has 0 saturated heterocycles. The van der Waals surface area contributed by atoms with Crippen LogP contribution in [-0.2, 0) is 0 Å². The molecule has 0 atom stereocenters. The highest BCUT2D eigenvalue weighted by molar-refractivity contribution is 6.35. The monoisotopic (exact) mass is 182 g/mol. The van der Waals surface area contributed by atoms with Gasteiger partial charge in [-0.05, 0) is 6.07 Å². The molecule has 1 aromatic carbocycles. The predicted octanol–water partition coefficient (Wildman–Crippen LogP) is 2.42. The van der Waals surface area contributed by atoms with Crippen LogP contribution in [0.15, 0.2) is 24.4 Å². The fourth-order valence-electron chi connectivity index (χ4n) is 1.02. The third-order valence-corrected chi connectivity index (χ3v) is 1.87. The van der Waals surface area contributed by atoms with E-state index in [2.05, 4.69) is 10.2 Å². The Kier molecular flexibility index (Phi) is 1.66. The van der Waals surface area contributed by atoms with Crippen molar-refractivity contribution in [3.63, 3.8) is 0 Å². The van der Waals surface area contributed by atoms with Crippen molar-refractivity contribution >= 4 is 22.5 Å². The molecule has 0 saturated carbocycles. The van der Waals surface area contributed by atoms with Gasteiger partial charge in [-0.15, -0.1) is 5.10 Å². The number of rotatable bonds is 0. The number of aromatic nitrogens is 2. The van der Waals surface area contributed by atoms with Gasteiger partial charge in [-0.3, -0.25) is 0 Å². The molecule has 0 aliphatic carbocycles. The molecule has 0 radical (unpaired) electrons. The van der Waals surface area contributed by atoms with Crippen molar-refractivity contribution < 1.29 is 4.39 Å². The topological polar surface area (TPSA) is 25.8 Å². The van der Waals surface area contributed by atoms with E-state index in [1.165, 1.54) is 12.3 Å². The van der Waals surface area contributed by atoms with E-state index in [1.54, 1.807) is 12.1 Å². The highest BCUT2D eigenvalue weighted by Gasteiger charge is 2.03. The summed E-state index contributed by atoms with van der Waals surface area (Å²) in [4.78, 5) is 0. The number of nitrogens with zero attached hydrogens (tertiary/aromatic N) is 2. The van der Waals surface area contributed by atoms with Gasteiger partial charge in [0.15, 0.2) is 5.82 Å². The summed E-state index contributed by atoms with van der Waals surface area (Å²) in [7, 11) is 0. The van der Waals surface area contributed by atoms with Gasteiger partial charge in [0.2, 0.25) is 0 Å². The first-order valence-electron chi connectivity index (χ1n) is 3.34. The number of hydrogen-bond acceptors (Lipinski definition) is 2. The number of hydrogen-bond donors (Lipinski definition) is 0. The maximum Gasteiger partial charge on any atom is 0.151 e. The van der Waals surface area contributed by atoms with Gasteiger partial charge in [0.1, 0.15) is 5.52 Å². The van der Waals surface area contributed by atoms with E-state index in [-0.39, 0.29) is 5.52 Å². The predicted molar refractivity (Wildman–Crippen MR) is 44.5 cm³/mol. The Labute approximate surface area is 73.0 Å². The SMILES string of the molecule is Fc1cccc2c(Cl)cnnc12. The van der Waals surface area contributed by atoms with Crippen molar-refractivity contribution in [1.82, 2.24) is 10.2 Å². The lowest BCUT2D eigenvalue weighted by atomic mass is 10.2. The molecular weight excluding hydrogens is 179 g/mol. The van der Waals surface area contributed by atoms with E-state index in [1.807, 2.05) is 0 Å². The molecule has 0 aliphatic rings. The molecule has 0 aliphatic heterocycles. The lowest BCUT2D eigenvalue weighted by Crippen LogP contribution is -1.87. The summed E-state index contributed by atoms with van der Waals surface area (Å²) >= 11 is 5.76. The molecule has 4 heteroatoms. The number of halogens is 2. The minimum atomic E-state index is -0.400. The van der Waals surface area contributed by atoms with Crippen molar-refractivity contribution in [2.45, 2.75) is 0 Å². The number of benzene rings is 1. The molecule has 0 amide bonds. The second-order valence-electron chi connectivity index (χ2n) is 2.33. The fraction of sp³-hybridized carbons (Fsp3) is 0. The molecule has 0 unspecified atom stereocenters. The molecule has 2 nitrogen and oxygen atoms in total. The van der Waals surface area contributed by atoms with E-state index in [4.69, 9.17) is 11.6 Å². The zero-order valence-corrected chi connectivity index (χ0v) is 6.72. The molecule has 1 aromatic heterocycles. The Morgan fingerprint density at radius 1 is 1.33 bits per heavy atom. The Morgan fingerprint density at radius 2 is 2.17 bits per heavy atom. The van der Waals surface area contributed by atoms with E-state index in [9.17, 15) is 4.39 Å². The summed E-state index contributed by atoms with van der Waals surface area (Å²) in [5.74, 6) is -0.400. The van der Waals surface area contributed by atoms with Crippen LogP contribution >= 0.6 is 11.6 Å². The van der Waals surface area contributed by atoms with Crippen LogP contribution in [0.5, 0.6) is 0 Å². The van der Waals surface area contributed by atoms with Gasteiger partial charge >= 0.3 is 0 Å². The van der Waals surface area contributed by atoms with Crippen LogP contribution in [0.3, 0.4) is 0 Å². The van der Waals surface area contributed by atoms with Crippen LogP contribution < -0.4 is 0 Å². The van der Waals surface area contributed by atoms with Crippen LogP contribution in [0.25, 0.3) is 10.9 Å². The maximum absolute atomic E-state index is 13.0. The molecule has 0 spiro atoms.